The van der Waals surface area contributed by atoms with E-state index in [9.17, 15) is 0 Å². The van der Waals surface area contributed by atoms with E-state index in [0.29, 0.717) is 18.4 Å². The van der Waals surface area contributed by atoms with Crippen LogP contribution in [0, 0.1) is 0 Å². The molecule has 0 bridgehead atoms. The normalized spacial score (nSPS) is 11.2. The molecule has 0 saturated heterocycles. The first kappa shape index (κ1) is 14.8. The zero-order chi connectivity index (χ0) is 15.1. The fraction of sp³-hybridized carbons (Fsp3) is 0.250. The molecule has 0 aliphatic carbocycles. The Kier molecular flexibility index (Phi) is 5.15. The number of hydrogen-bond donors (Lipinski definition) is 2. The Hall–Kier alpha value is -2.56. The van der Waals surface area contributed by atoms with Crippen LogP contribution in [-0.2, 0) is 13.0 Å². The van der Waals surface area contributed by atoms with E-state index in [-0.39, 0.29) is 0 Å². The van der Waals surface area contributed by atoms with Crippen molar-refractivity contribution in [2.45, 2.75) is 19.9 Å². The summed E-state index contributed by atoms with van der Waals surface area (Å²) in [6.07, 6.45) is 1.02. The van der Waals surface area contributed by atoms with Gasteiger partial charge < -0.3 is 15.8 Å². The maximum atomic E-state index is 5.87. The molecule has 21 heavy (non-hydrogen) atoms. The van der Waals surface area contributed by atoms with Gasteiger partial charge in [0.2, 0.25) is 5.88 Å². The second-order valence-electron chi connectivity index (χ2n) is 4.55. The fourth-order valence-electron chi connectivity index (χ4n) is 1.84. The van der Waals surface area contributed by atoms with Gasteiger partial charge in [-0.15, -0.1) is 0 Å². The average molecular weight is 284 g/mol. The number of aliphatic imine (C=N–C) groups is 1. The summed E-state index contributed by atoms with van der Waals surface area (Å²) < 4.78 is 5.07. The highest BCUT2D eigenvalue weighted by atomic mass is 16.5. The lowest BCUT2D eigenvalue weighted by Gasteiger charge is -2.06. The molecule has 0 aliphatic rings. The lowest BCUT2D eigenvalue weighted by molar-refractivity contribution is 0.396. The van der Waals surface area contributed by atoms with E-state index in [1.54, 1.807) is 13.2 Å². The zero-order valence-corrected chi connectivity index (χ0v) is 12.3. The predicted octanol–water partition coefficient (Wildman–Crippen LogP) is 2.58. The third kappa shape index (κ3) is 4.49. The van der Waals surface area contributed by atoms with E-state index < -0.39 is 0 Å². The third-order valence-electron chi connectivity index (χ3n) is 3.04. The van der Waals surface area contributed by atoms with Crippen molar-refractivity contribution in [2.24, 2.45) is 10.7 Å². The molecule has 0 aliphatic heterocycles. The predicted molar refractivity (Wildman–Crippen MR) is 85.6 cm³/mol. The minimum Gasteiger partial charge on any atom is -0.481 e. The van der Waals surface area contributed by atoms with E-state index in [1.165, 1.54) is 5.56 Å². The van der Waals surface area contributed by atoms with Gasteiger partial charge in [-0.1, -0.05) is 25.1 Å². The number of nitrogens with two attached hydrogens (primary N) is 1. The Balaban J connectivity index is 1.96. The highest BCUT2D eigenvalue weighted by molar-refractivity contribution is 5.92. The van der Waals surface area contributed by atoms with Crippen LogP contribution in [0.4, 0.5) is 5.69 Å². The summed E-state index contributed by atoms with van der Waals surface area (Å²) in [7, 11) is 1.59. The largest absolute Gasteiger partial charge is 0.481 e. The summed E-state index contributed by atoms with van der Waals surface area (Å²) in [6, 6.07) is 13.7. The number of ether oxygens (including phenoxy) is 1. The number of pyridine rings is 1. The first-order chi connectivity index (χ1) is 10.2. The summed E-state index contributed by atoms with van der Waals surface area (Å²) in [5, 5.41) is 3.06. The number of nitrogens with zero attached hydrogens (tertiary/aromatic N) is 2. The molecule has 0 unspecified atom stereocenters. The van der Waals surface area contributed by atoms with Crippen LogP contribution < -0.4 is 15.8 Å². The van der Waals surface area contributed by atoms with E-state index in [4.69, 9.17) is 10.5 Å². The van der Waals surface area contributed by atoms with Crippen molar-refractivity contribution in [1.82, 2.24) is 4.98 Å². The van der Waals surface area contributed by atoms with Crippen molar-refractivity contribution in [2.75, 3.05) is 12.4 Å². The summed E-state index contributed by atoms with van der Waals surface area (Å²) in [5.41, 5.74) is 8.89. The van der Waals surface area contributed by atoms with Gasteiger partial charge in [-0.25, -0.2) is 9.98 Å². The molecule has 0 amide bonds. The van der Waals surface area contributed by atoms with Gasteiger partial charge in [0.25, 0.3) is 0 Å². The molecule has 1 aromatic carbocycles. The quantitative estimate of drug-likeness (QED) is 0.654. The summed E-state index contributed by atoms with van der Waals surface area (Å²) in [6.45, 7) is 2.53. The van der Waals surface area contributed by atoms with Gasteiger partial charge in [-0.05, 0) is 30.2 Å². The van der Waals surface area contributed by atoms with Gasteiger partial charge in [-0.3, -0.25) is 0 Å². The number of nitrogens with one attached hydrogen (secondary N) is 1. The highest BCUT2D eigenvalue weighted by Crippen LogP contribution is 2.10. The van der Waals surface area contributed by atoms with Gasteiger partial charge in [0, 0.05) is 11.8 Å². The highest BCUT2D eigenvalue weighted by Gasteiger charge is 1.98. The number of anilines is 1. The van der Waals surface area contributed by atoms with Crippen molar-refractivity contribution in [3.63, 3.8) is 0 Å². The molecule has 5 heteroatoms. The first-order valence-corrected chi connectivity index (χ1v) is 6.87. The van der Waals surface area contributed by atoms with E-state index in [2.05, 4.69) is 34.3 Å². The fourth-order valence-corrected chi connectivity index (χ4v) is 1.84. The molecular formula is C16H20N4O. The molecule has 0 saturated carbocycles. The molecule has 1 aromatic heterocycles. The Labute approximate surface area is 124 Å². The van der Waals surface area contributed by atoms with Crippen LogP contribution in [0.2, 0.25) is 0 Å². The maximum Gasteiger partial charge on any atom is 0.213 e. The van der Waals surface area contributed by atoms with Gasteiger partial charge in [0.1, 0.15) is 0 Å². The molecular weight excluding hydrogens is 264 g/mol. The van der Waals surface area contributed by atoms with Crippen LogP contribution >= 0.6 is 0 Å². The summed E-state index contributed by atoms with van der Waals surface area (Å²) in [4.78, 5) is 8.55. The number of methoxy groups -OCH3 is 1. The second-order valence-corrected chi connectivity index (χ2v) is 4.55. The monoisotopic (exact) mass is 284 g/mol. The van der Waals surface area contributed by atoms with Gasteiger partial charge >= 0.3 is 0 Å². The third-order valence-corrected chi connectivity index (χ3v) is 3.04. The smallest absolute Gasteiger partial charge is 0.213 e. The molecule has 0 radical (unpaired) electrons. The summed E-state index contributed by atoms with van der Waals surface area (Å²) >= 11 is 0. The van der Waals surface area contributed by atoms with Crippen molar-refractivity contribution in [3.8, 4) is 5.88 Å². The van der Waals surface area contributed by atoms with Crippen molar-refractivity contribution in [1.29, 1.82) is 0 Å². The van der Waals surface area contributed by atoms with Gasteiger partial charge in [0.05, 0.1) is 19.3 Å². The lowest BCUT2D eigenvalue weighted by Crippen LogP contribution is -2.22. The van der Waals surface area contributed by atoms with Crippen LogP contribution in [0.25, 0.3) is 0 Å². The van der Waals surface area contributed by atoms with Crippen molar-refractivity contribution in [3.05, 3.63) is 53.7 Å². The molecule has 2 rings (SSSR count). The standard InChI is InChI=1S/C16H20N4O/c1-3-12-7-9-13(10-8-12)20-16(17)18-11-14-5-4-6-15(19-14)21-2/h4-10H,3,11H2,1-2H3,(H3,17,18,20). The molecule has 0 spiro atoms. The van der Waals surface area contributed by atoms with Crippen LogP contribution in [0.15, 0.2) is 47.5 Å². The van der Waals surface area contributed by atoms with Crippen molar-refractivity contribution >= 4 is 11.6 Å². The van der Waals surface area contributed by atoms with Crippen LogP contribution in [0.1, 0.15) is 18.2 Å². The number of hydrogen-bond acceptors (Lipinski definition) is 3. The van der Waals surface area contributed by atoms with E-state index >= 15 is 0 Å². The number of rotatable bonds is 5. The molecule has 110 valence electrons. The Morgan fingerprint density at radius 1 is 1.24 bits per heavy atom. The topological polar surface area (TPSA) is 72.5 Å². The number of aryl methyl sites for hydroxylation is 1. The second kappa shape index (κ2) is 7.28. The minimum atomic E-state index is 0.365. The number of guanidine groups is 1. The average Bonchev–Trinajstić information content (AvgIpc) is 2.54. The Morgan fingerprint density at radius 3 is 2.67 bits per heavy atom. The lowest BCUT2D eigenvalue weighted by atomic mass is 10.1. The zero-order valence-electron chi connectivity index (χ0n) is 12.3. The molecule has 0 fully saturated rings. The Bertz CT molecular complexity index is 608. The van der Waals surface area contributed by atoms with Gasteiger partial charge in [0.15, 0.2) is 5.96 Å². The molecule has 1 heterocycles. The molecule has 3 N–H and O–H groups in total. The van der Waals surface area contributed by atoms with E-state index in [1.807, 2.05) is 24.3 Å². The minimum absolute atomic E-state index is 0.365. The summed E-state index contributed by atoms with van der Waals surface area (Å²) in [5.74, 6) is 0.938. The number of aromatic nitrogens is 1. The van der Waals surface area contributed by atoms with Crippen molar-refractivity contribution < 1.29 is 4.74 Å². The van der Waals surface area contributed by atoms with Crippen LogP contribution in [0.5, 0.6) is 5.88 Å². The molecule has 5 nitrogen and oxygen atoms in total. The van der Waals surface area contributed by atoms with Crippen LogP contribution in [-0.4, -0.2) is 18.1 Å². The first-order valence-electron chi connectivity index (χ1n) is 6.87. The maximum absolute atomic E-state index is 5.87. The SMILES string of the molecule is CCc1ccc(NC(N)=NCc2cccc(OC)n2)cc1. The molecule has 2 aromatic rings. The van der Waals surface area contributed by atoms with Crippen LogP contribution in [0.3, 0.4) is 0 Å². The number of benzene rings is 1. The van der Waals surface area contributed by atoms with E-state index in [0.717, 1.165) is 17.8 Å². The molecule has 0 atom stereocenters. The van der Waals surface area contributed by atoms with Gasteiger partial charge in [-0.2, -0.15) is 0 Å². The Morgan fingerprint density at radius 2 is 2.00 bits per heavy atom.